The predicted octanol–water partition coefficient (Wildman–Crippen LogP) is 0.833. The summed E-state index contributed by atoms with van der Waals surface area (Å²) >= 11 is 0. The van der Waals surface area contributed by atoms with Gasteiger partial charge < -0.3 is 5.73 Å². The molecule has 0 radical (unpaired) electrons. The second kappa shape index (κ2) is 4.80. The largest absolute Gasteiger partial charge is 0.329 e. The van der Waals surface area contributed by atoms with Crippen LogP contribution in [0.2, 0.25) is 0 Å². The lowest BCUT2D eigenvalue weighted by Crippen LogP contribution is -2.39. The van der Waals surface area contributed by atoms with E-state index in [0.717, 1.165) is 25.7 Å². The molecule has 1 rings (SSSR count). The zero-order valence-corrected chi connectivity index (χ0v) is 10.4. The standard InChI is InChI=1S/C10H22N2O2S/c1-3-4-10(5-6-10)8-12-15(13,14)9(2)7-11/h9,12H,3-8,11H2,1-2H3. The second-order valence-electron chi connectivity index (χ2n) is 4.66. The van der Waals surface area contributed by atoms with Gasteiger partial charge in [0.05, 0.1) is 5.25 Å². The molecule has 0 aromatic carbocycles. The lowest BCUT2D eigenvalue weighted by Gasteiger charge is -2.17. The van der Waals surface area contributed by atoms with Crippen LogP contribution < -0.4 is 10.5 Å². The summed E-state index contributed by atoms with van der Waals surface area (Å²) in [7, 11) is -3.20. The van der Waals surface area contributed by atoms with E-state index >= 15 is 0 Å². The summed E-state index contributed by atoms with van der Waals surface area (Å²) in [5.41, 5.74) is 5.61. The van der Waals surface area contributed by atoms with Crippen LogP contribution >= 0.6 is 0 Å². The van der Waals surface area contributed by atoms with Crippen molar-refractivity contribution in [1.29, 1.82) is 0 Å². The Balaban J connectivity index is 2.43. The van der Waals surface area contributed by atoms with Crippen LogP contribution in [0.1, 0.15) is 39.5 Å². The van der Waals surface area contributed by atoms with E-state index in [2.05, 4.69) is 11.6 Å². The first-order valence-electron chi connectivity index (χ1n) is 5.64. The van der Waals surface area contributed by atoms with Gasteiger partial charge in [0.15, 0.2) is 0 Å². The van der Waals surface area contributed by atoms with E-state index in [4.69, 9.17) is 5.73 Å². The van der Waals surface area contributed by atoms with Gasteiger partial charge in [0.25, 0.3) is 0 Å². The average molecular weight is 234 g/mol. The third-order valence-electron chi connectivity index (χ3n) is 3.25. The van der Waals surface area contributed by atoms with E-state index in [9.17, 15) is 8.42 Å². The van der Waals surface area contributed by atoms with Crippen molar-refractivity contribution < 1.29 is 8.42 Å². The molecule has 1 atom stereocenters. The van der Waals surface area contributed by atoms with Gasteiger partial charge in [0.2, 0.25) is 10.0 Å². The van der Waals surface area contributed by atoms with E-state index in [0.29, 0.717) is 6.54 Å². The first kappa shape index (κ1) is 12.9. The summed E-state index contributed by atoms with van der Waals surface area (Å²) in [6, 6.07) is 0. The van der Waals surface area contributed by atoms with Crippen LogP contribution in [0.15, 0.2) is 0 Å². The minimum absolute atomic E-state index is 0.177. The third kappa shape index (κ3) is 3.43. The molecule has 1 saturated carbocycles. The Kier molecular flexibility index (Phi) is 4.14. The van der Waals surface area contributed by atoms with Gasteiger partial charge in [-0.2, -0.15) is 0 Å². The fraction of sp³-hybridized carbons (Fsp3) is 1.00. The maximum absolute atomic E-state index is 11.6. The molecule has 90 valence electrons. The molecule has 4 nitrogen and oxygen atoms in total. The predicted molar refractivity (Wildman–Crippen MR) is 62.0 cm³/mol. The Hall–Kier alpha value is -0.130. The van der Waals surface area contributed by atoms with Crippen LogP contribution in [-0.2, 0) is 10.0 Å². The zero-order chi connectivity index (χ0) is 11.5. The number of rotatable bonds is 7. The highest BCUT2D eigenvalue weighted by Gasteiger charge is 2.42. The topological polar surface area (TPSA) is 72.2 Å². The molecule has 15 heavy (non-hydrogen) atoms. The normalized spacial score (nSPS) is 21.3. The fourth-order valence-corrected chi connectivity index (χ4v) is 2.79. The minimum Gasteiger partial charge on any atom is -0.329 e. The van der Waals surface area contributed by atoms with Gasteiger partial charge in [-0.1, -0.05) is 13.3 Å². The summed E-state index contributed by atoms with van der Waals surface area (Å²) in [5.74, 6) is 0. The van der Waals surface area contributed by atoms with Crippen molar-refractivity contribution in [3.8, 4) is 0 Å². The van der Waals surface area contributed by atoms with E-state index in [1.54, 1.807) is 6.92 Å². The van der Waals surface area contributed by atoms with E-state index in [1.165, 1.54) is 0 Å². The lowest BCUT2D eigenvalue weighted by molar-refractivity contribution is 0.448. The second-order valence-corrected chi connectivity index (χ2v) is 6.85. The molecule has 3 N–H and O–H groups in total. The Bertz CT molecular complexity index is 297. The third-order valence-corrected chi connectivity index (χ3v) is 5.05. The fourth-order valence-electron chi connectivity index (χ4n) is 1.74. The quantitative estimate of drug-likeness (QED) is 0.685. The zero-order valence-electron chi connectivity index (χ0n) is 9.62. The first-order valence-corrected chi connectivity index (χ1v) is 7.19. The van der Waals surface area contributed by atoms with Crippen molar-refractivity contribution in [2.75, 3.05) is 13.1 Å². The molecule has 0 spiro atoms. The van der Waals surface area contributed by atoms with E-state index in [1.807, 2.05) is 0 Å². The lowest BCUT2D eigenvalue weighted by atomic mass is 10.0. The number of sulfonamides is 1. The van der Waals surface area contributed by atoms with Gasteiger partial charge in [-0.25, -0.2) is 13.1 Å². The molecular weight excluding hydrogens is 212 g/mol. The monoisotopic (exact) mass is 234 g/mol. The van der Waals surface area contributed by atoms with Gasteiger partial charge in [-0.05, 0) is 31.6 Å². The molecule has 0 aromatic heterocycles. The minimum atomic E-state index is -3.20. The van der Waals surface area contributed by atoms with Crippen LogP contribution in [0, 0.1) is 5.41 Å². The summed E-state index contributed by atoms with van der Waals surface area (Å²) < 4.78 is 26.0. The van der Waals surface area contributed by atoms with Crippen molar-refractivity contribution >= 4 is 10.0 Å². The number of nitrogens with one attached hydrogen (secondary N) is 1. The molecule has 1 fully saturated rings. The Morgan fingerprint density at radius 2 is 2.07 bits per heavy atom. The molecule has 0 saturated heterocycles. The van der Waals surface area contributed by atoms with Crippen LogP contribution in [0.5, 0.6) is 0 Å². The van der Waals surface area contributed by atoms with E-state index < -0.39 is 15.3 Å². The summed E-state index contributed by atoms with van der Waals surface area (Å²) in [4.78, 5) is 0. The maximum Gasteiger partial charge on any atom is 0.215 e. The van der Waals surface area contributed by atoms with Gasteiger partial charge in [0, 0.05) is 13.1 Å². The average Bonchev–Trinajstić information content (AvgIpc) is 2.95. The smallest absolute Gasteiger partial charge is 0.215 e. The molecule has 0 heterocycles. The number of nitrogens with two attached hydrogens (primary N) is 1. The molecule has 0 bridgehead atoms. The molecule has 0 aliphatic heterocycles. The van der Waals surface area contributed by atoms with Gasteiger partial charge in [-0.15, -0.1) is 0 Å². The van der Waals surface area contributed by atoms with Crippen LogP contribution in [-0.4, -0.2) is 26.8 Å². The highest BCUT2D eigenvalue weighted by atomic mass is 32.2. The highest BCUT2D eigenvalue weighted by Crippen LogP contribution is 2.49. The molecule has 5 heteroatoms. The molecular formula is C10H22N2O2S. The molecule has 1 aliphatic rings. The Morgan fingerprint density at radius 3 is 2.47 bits per heavy atom. The Morgan fingerprint density at radius 1 is 1.47 bits per heavy atom. The SMILES string of the molecule is CCCC1(CNS(=O)(=O)C(C)CN)CC1. The maximum atomic E-state index is 11.6. The van der Waals surface area contributed by atoms with Crippen molar-refractivity contribution in [2.24, 2.45) is 11.1 Å². The van der Waals surface area contributed by atoms with Gasteiger partial charge >= 0.3 is 0 Å². The molecule has 1 unspecified atom stereocenters. The summed E-state index contributed by atoms with van der Waals surface area (Å²) in [5, 5.41) is -0.491. The molecule has 0 amide bonds. The molecule has 0 aromatic rings. The van der Waals surface area contributed by atoms with Crippen LogP contribution in [0.4, 0.5) is 0 Å². The summed E-state index contributed by atoms with van der Waals surface area (Å²) in [6.07, 6.45) is 4.54. The number of hydrogen-bond acceptors (Lipinski definition) is 3. The Labute approximate surface area is 92.7 Å². The van der Waals surface area contributed by atoms with Crippen molar-refractivity contribution in [3.05, 3.63) is 0 Å². The van der Waals surface area contributed by atoms with Crippen molar-refractivity contribution in [3.63, 3.8) is 0 Å². The van der Waals surface area contributed by atoms with Crippen molar-refractivity contribution in [1.82, 2.24) is 4.72 Å². The number of hydrogen-bond donors (Lipinski definition) is 2. The van der Waals surface area contributed by atoms with Gasteiger partial charge in [-0.3, -0.25) is 0 Å². The van der Waals surface area contributed by atoms with Crippen molar-refractivity contribution in [2.45, 2.75) is 44.8 Å². The first-order chi connectivity index (χ1) is 6.96. The van der Waals surface area contributed by atoms with Crippen LogP contribution in [0.25, 0.3) is 0 Å². The van der Waals surface area contributed by atoms with Crippen LogP contribution in [0.3, 0.4) is 0 Å². The molecule has 1 aliphatic carbocycles. The van der Waals surface area contributed by atoms with Gasteiger partial charge in [0.1, 0.15) is 0 Å². The highest BCUT2D eigenvalue weighted by molar-refractivity contribution is 7.90. The summed E-state index contributed by atoms with van der Waals surface area (Å²) in [6.45, 7) is 4.54. The van der Waals surface area contributed by atoms with E-state index in [-0.39, 0.29) is 12.0 Å².